The molecule has 8 nitrogen and oxygen atoms in total. The van der Waals surface area contributed by atoms with Gasteiger partial charge in [-0.3, -0.25) is 0 Å². The predicted octanol–water partition coefficient (Wildman–Crippen LogP) is 4.01. The summed E-state index contributed by atoms with van der Waals surface area (Å²) < 4.78 is 0. The van der Waals surface area contributed by atoms with Crippen molar-refractivity contribution in [2.75, 3.05) is 49.3 Å². The van der Waals surface area contributed by atoms with Crippen LogP contribution in [0, 0.1) is 6.92 Å². The van der Waals surface area contributed by atoms with E-state index in [0.717, 1.165) is 48.8 Å². The third kappa shape index (κ3) is 6.36. The lowest BCUT2D eigenvalue weighted by atomic mass is 10.2. The van der Waals surface area contributed by atoms with Gasteiger partial charge in [-0.2, -0.15) is 15.0 Å². The van der Waals surface area contributed by atoms with E-state index in [1.165, 1.54) is 0 Å². The molecular formula is C23H32N8. The molecule has 0 radical (unpaired) electrons. The highest BCUT2D eigenvalue weighted by Gasteiger charge is 2.13. The highest BCUT2D eigenvalue weighted by Crippen LogP contribution is 2.23. The van der Waals surface area contributed by atoms with Crippen LogP contribution in [0.15, 0.2) is 42.6 Å². The Labute approximate surface area is 184 Å². The molecule has 8 heteroatoms. The van der Waals surface area contributed by atoms with E-state index in [9.17, 15) is 0 Å². The minimum absolute atomic E-state index is 0.515. The van der Waals surface area contributed by atoms with E-state index in [2.05, 4.69) is 68.3 Å². The van der Waals surface area contributed by atoms with Gasteiger partial charge in [-0.25, -0.2) is 4.98 Å². The summed E-state index contributed by atoms with van der Waals surface area (Å²) in [7, 11) is 4.13. The number of anilines is 5. The van der Waals surface area contributed by atoms with Crippen LogP contribution in [0.3, 0.4) is 0 Å². The van der Waals surface area contributed by atoms with E-state index in [4.69, 9.17) is 0 Å². The van der Waals surface area contributed by atoms with Crippen LogP contribution in [-0.2, 0) is 6.42 Å². The van der Waals surface area contributed by atoms with Crippen molar-refractivity contribution in [2.45, 2.75) is 27.2 Å². The van der Waals surface area contributed by atoms with Crippen molar-refractivity contribution in [1.82, 2.24) is 24.8 Å². The molecule has 0 unspecified atom stereocenters. The topological polar surface area (TPSA) is 82.1 Å². The lowest BCUT2D eigenvalue weighted by molar-refractivity contribution is 0.413. The molecule has 2 heterocycles. The average molecular weight is 421 g/mol. The summed E-state index contributed by atoms with van der Waals surface area (Å²) in [4.78, 5) is 22.7. The van der Waals surface area contributed by atoms with Crippen molar-refractivity contribution >= 4 is 29.1 Å². The minimum Gasteiger partial charge on any atom is -0.354 e. The minimum atomic E-state index is 0.515. The maximum atomic E-state index is 4.66. The van der Waals surface area contributed by atoms with E-state index in [1.54, 1.807) is 0 Å². The summed E-state index contributed by atoms with van der Waals surface area (Å²) in [6.45, 7) is 8.83. The highest BCUT2D eigenvalue weighted by atomic mass is 15.3. The fourth-order valence-corrected chi connectivity index (χ4v) is 3.03. The maximum Gasteiger partial charge on any atom is 0.233 e. The van der Waals surface area contributed by atoms with Gasteiger partial charge in [0.2, 0.25) is 11.9 Å². The number of nitrogens with one attached hydrogen (secondary N) is 2. The van der Waals surface area contributed by atoms with Gasteiger partial charge in [-0.05, 0) is 51.7 Å². The lowest BCUT2D eigenvalue weighted by Crippen LogP contribution is -2.33. The summed E-state index contributed by atoms with van der Waals surface area (Å²) in [5, 5.41) is 6.65. The zero-order chi connectivity index (χ0) is 22.2. The van der Waals surface area contributed by atoms with Gasteiger partial charge >= 0.3 is 0 Å². The number of para-hydroxylation sites is 1. The van der Waals surface area contributed by atoms with E-state index >= 15 is 0 Å². The number of pyridine rings is 1. The molecule has 0 saturated heterocycles. The number of rotatable bonds is 10. The maximum absolute atomic E-state index is 4.66. The molecule has 0 amide bonds. The monoisotopic (exact) mass is 420 g/mol. The third-order valence-corrected chi connectivity index (χ3v) is 4.87. The highest BCUT2D eigenvalue weighted by molar-refractivity contribution is 5.64. The summed E-state index contributed by atoms with van der Waals surface area (Å²) in [6, 6.07) is 12.0. The van der Waals surface area contributed by atoms with E-state index < -0.39 is 0 Å². The SMILES string of the molecule is CCc1nc(Nc2cc(C)c(Nc3ccccc3)cn2)nc(N(CC)CCN(C)C)n1. The van der Waals surface area contributed by atoms with Crippen LogP contribution in [-0.4, -0.2) is 58.6 Å². The first-order chi connectivity index (χ1) is 15.0. The molecule has 164 valence electrons. The van der Waals surface area contributed by atoms with Crippen molar-refractivity contribution in [3.8, 4) is 0 Å². The first kappa shape index (κ1) is 22.4. The second kappa shape index (κ2) is 10.7. The van der Waals surface area contributed by atoms with Crippen LogP contribution in [0.25, 0.3) is 0 Å². The van der Waals surface area contributed by atoms with E-state index in [0.29, 0.717) is 17.7 Å². The molecule has 0 aliphatic rings. The Morgan fingerprint density at radius 3 is 2.35 bits per heavy atom. The summed E-state index contributed by atoms with van der Waals surface area (Å²) >= 11 is 0. The van der Waals surface area contributed by atoms with Crippen molar-refractivity contribution in [3.63, 3.8) is 0 Å². The number of aromatic nitrogens is 4. The normalized spacial score (nSPS) is 10.9. The van der Waals surface area contributed by atoms with Crippen LogP contribution < -0.4 is 15.5 Å². The first-order valence-corrected chi connectivity index (χ1v) is 10.7. The van der Waals surface area contributed by atoms with Gasteiger partial charge in [-0.15, -0.1) is 0 Å². The van der Waals surface area contributed by atoms with E-state index in [1.807, 2.05) is 49.5 Å². The smallest absolute Gasteiger partial charge is 0.233 e. The molecule has 0 fully saturated rings. The molecule has 2 N–H and O–H groups in total. The van der Waals surface area contributed by atoms with Gasteiger partial charge in [0.15, 0.2) is 0 Å². The predicted molar refractivity (Wildman–Crippen MR) is 128 cm³/mol. The number of likely N-dealkylation sites (N-methyl/N-ethyl adjacent to an activating group) is 2. The van der Waals surface area contributed by atoms with Crippen LogP contribution in [0.5, 0.6) is 0 Å². The van der Waals surface area contributed by atoms with Gasteiger partial charge < -0.3 is 20.4 Å². The molecule has 0 bridgehead atoms. The molecule has 0 saturated carbocycles. The van der Waals surface area contributed by atoms with Crippen molar-refractivity contribution in [1.29, 1.82) is 0 Å². The lowest BCUT2D eigenvalue weighted by Gasteiger charge is -2.23. The van der Waals surface area contributed by atoms with Crippen LogP contribution in [0.4, 0.5) is 29.1 Å². The number of benzene rings is 1. The molecule has 31 heavy (non-hydrogen) atoms. The van der Waals surface area contributed by atoms with E-state index in [-0.39, 0.29) is 0 Å². The zero-order valence-electron chi connectivity index (χ0n) is 19.1. The van der Waals surface area contributed by atoms with Crippen LogP contribution in [0.2, 0.25) is 0 Å². The number of hydrogen-bond donors (Lipinski definition) is 2. The molecule has 0 spiro atoms. The quantitative estimate of drug-likeness (QED) is 0.509. The van der Waals surface area contributed by atoms with Crippen LogP contribution >= 0.6 is 0 Å². The Kier molecular flexibility index (Phi) is 7.72. The van der Waals surface area contributed by atoms with Gasteiger partial charge in [0.1, 0.15) is 11.6 Å². The van der Waals surface area contributed by atoms with Gasteiger partial charge in [0.25, 0.3) is 0 Å². The number of aryl methyl sites for hydroxylation is 2. The molecule has 3 rings (SSSR count). The molecule has 2 aromatic heterocycles. The molecule has 3 aromatic rings. The zero-order valence-corrected chi connectivity index (χ0v) is 19.1. The average Bonchev–Trinajstić information content (AvgIpc) is 2.76. The summed E-state index contributed by atoms with van der Waals surface area (Å²) in [5.41, 5.74) is 3.07. The van der Waals surface area contributed by atoms with Gasteiger partial charge in [0, 0.05) is 31.7 Å². The standard InChI is InChI=1S/C23H32N8/c1-6-20-26-22(29-23(28-20)31(7-2)14-13-30(4)5)27-21-15-17(3)19(16-24-21)25-18-11-9-8-10-12-18/h8-12,15-16,25H,6-7,13-14H2,1-5H3,(H,24,26,27,28,29). The Morgan fingerprint density at radius 2 is 1.71 bits per heavy atom. The third-order valence-electron chi connectivity index (χ3n) is 4.87. The van der Waals surface area contributed by atoms with Gasteiger partial charge in [-0.1, -0.05) is 25.1 Å². The molecule has 0 aliphatic heterocycles. The number of hydrogen-bond acceptors (Lipinski definition) is 8. The molecule has 1 aromatic carbocycles. The second-order valence-electron chi connectivity index (χ2n) is 7.61. The van der Waals surface area contributed by atoms with Crippen molar-refractivity contribution < 1.29 is 0 Å². The second-order valence-corrected chi connectivity index (χ2v) is 7.61. The first-order valence-electron chi connectivity index (χ1n) is 10.7. The fourth-order valence-electron chi connectivity index (χ4n) is 3.03. The largest absolute Gasteiger partial charge is 0.354 e. The van der Waals surface area contributed by atoms with Gasteiger partial charge in [0.05, 0.1) is 11.9 Å². The summed E-state index contributed by atoms with van der Waals surface area (Å²) in [6.07, 6.45) is 2.56. The Hall–Kier alpha value is -3.26. The van der Waals surface area contributed by atoms with Crippen molar-refractivity contribution in [2.24, 2.45) is 0 Å². The number of nitrogens with zero attached hydrogens (tertiary/aromatic N) is 6. The molecule has 0 aliphatic carbocycles. The molecule has 0 atom stereocenters. The van der Waals surface area contributed by atoms with Crippen molar-refractivity contribution in [3.05, 3.63) is 54.0 Å². The fraction of sp³-hybridized carbons (Fsp3) is 0.391. The summed E-state index contributed by atoms with van der Waals surface area (Å²) in [5.74, 6) is 2.67. The Balaban J connectivity index is 1.79. The Morgan fingerprint density at radius 1 is 0.935 bits per heavy atom. The molecular weight excluding hydrogens is 388 g/mol. The Bertz CT molecular complexity index is 975. The van der Waals surface area contributed by atoms with Crippen LogP contribution in [0.1, 0.15) is 25.2 Å².